The fourth-order valence-corrected chi connectivity index (χ4v) is 3.42. The van der Waals surface area contributed by atoms with Crippen LogP contribution in [0.5, 0.6) is 0 Å². The van der Waals surface area contributed by atoms with E-state index in [9.17, 15) is 4.79 Å². The first-order valence-electron chi connectivity index (χ1n) is 7.79. The highest BCUT2D eigenvalue weighted by molar-refractivity contribution is 5.91. The molecule has 1 atom stereocenters. The van der Waals surface area contributed by atoms with Gasteiger partial charge in [-0.05, 0) is 37.8 Å². The van der Waals surface area contributed by atoms with Gasteiger partial charge in [0.25, 0.3) is 0 Å². The molecule has 0 bridgehead atoms. The molecule has 1 aliphatic carbocycles. The first kappa shape index (κ1) is 14.5. The van der Waals surface area contributed by atoms with Crippen LogP contribution in [0.15, 0.2) is 30.3 Å². The van der Waals surface area contributed by atoms with E-state index in [1.165, 1.54) is 0 Å². The third-order valence-electron chi connectivity index (χ3n) is 4.85. The Morgan fingerprint density at radius 3 is 2.62 bits per heavy atom. The molecule has 4 heteroatoms. The molecule has 1 unspecified atom stereocenters. The molecule has 4 nitrogen and oxygen atoms in total. The van der Waals surface area contributed by atoms with Crippen molar-refractivity contribution in [2.45, 2.75) is 36.6 Å². The minimum absolute atomic E-state index is 0.0861. The minimum atomic E-state index is -0.284. The third kappa shape index (κ3) is 2.83. The van der Waals surface area contributed by atoms with Crippen molar-refractivity contribution in [3.05, 3.63) is 35.9 Å². The molecule has 1 saturated heterocycles. The fraction of sp³-hybridized carbons (Fsp3) is 0.588. The average Bonchev–Trinajstić information content (AvgIpc) is 3.21. The molecule has 2 fully saturated rings. The van der Waals surface area contributed by atoms with Crippen molar-refractivity contribution < 1.29 is 9.53 Å². The number of methoxy groups -OCH3 is 1. The van der Waals surface area contributed by atoms with Crippen LogP contribution < -0.4 is 10.6 Å². The highest BCUT2D eigenvalue weighted by atomic mass is 16.5. The molecule has 21 heavy (non-hydrogen) atoms. The first-order chi connectivity index (χ1) is 10.2. The lowest BCUT2D eigenvalue weighted by Gasteiger charge is -2.30. The summed E-state index contributed by atoms with van der Waals surface area (Å²) in [6, 6.07) is 10.1. The van der Waals surface area contributed by atoms with E-state index < -0.39 is 0 Å². The summed E-state index contributed by atoms with van der Waals surface area (Å²) in [4.78, 5) is 12.7. The molecule has 1 aliphatic heterocycles. The zero-order valence-electron chi connectivity index (χ0n) is 12.7. The van der Waals surface area contributed by atoms with E-state index >= 15 is 0 Å². The topological polar surface area (TPSA) is 50.4 Å². The Morgan fingerprint density at radius 2 is 2.05 bits per heavy atom. The van der Waals surface area contributed by atoms with Crippen molar-refractivity contribution in [2.75, 3.05) is 26.8 Å². The van der Waals surface area contributed by atoms with E-state index in [1.54, 1.807) is 7.11 Å². The highest BCUT2D eigenvalue weighted by Crippen LogP contribution is 2.48. The van der Waals surface area contributed by atoms with Crippen LogP contribution in [-0.2, 0) is 14.9 Å². The van der Waals surface area contributed by atoms with Crippen LogP contribution in [0.3, 0.4) is 0 Å². The van der Waals surface area contributed by atoms with Gasteiger partial charge in [-0.25, -0.2) is 0 Å². The van der Waals surface area contributed by atoms with Gasteiger partial charge in [0.15, 0.2) is 0 Å². The summed E-state index contributed by atoms with van der Waals surface area (Å²) >= 11 is 0. The van der Waals surface area contributed by atoms with Gasteiger partial charge in [0, 0.05) is 13.7 Å². The monoisotopic (exact) mass is 288 g/mol. The van der Waals surface area contributed by atoms with Gasteiger partial charge in [0.1, 0.15) is 0 Å². The second kappa shape index (κ2) is 5.78. The van der Waals surface area contributed by atoms with E-state index in [1.807, 2.05) is 18.2 Å². The summed E-state index contributed by atoms with van der Waals surface area (Å²) in [6.45, 7) is 2.29. The summed E-state index contributed by atoms with van der Waals surface area (Å²) in [6.07, 6.45) is 4.10. The van der Waals surface area contributed by atoms with E-state index in [-0.39, 0.29) is 16.9 Å². The van der Waals surface area contributed by atoms with E-state index in [4.69, 9.17) is 4.74 Å². The van der Waals surface area contributed by atoms with Gasteiger partial charge < -0.3 is 15.4 Å². The summed E-state index contributed by atoms with van der Waals surface area (Å²) in [5.74, 6) is 0.165. The SMILES string of the molecule is COCC1(CNC(=O)C2(c3ccccc3)CC2)CCCN1. The minimum Gasteiger partial charge on any atom is -0.383 e. The number of carbonyl (C=O) groups excluding carboxylic acids is 1. The van der Waals surface area contributed by atoms with Gasteiger partial charge in [-0.1, -0.05) is 30.3 Å². The molecule has 3 rings (SSSR count). The Morgan fingerprint density at radius 1 is 1.29 bits per heavy atom. The summed E-state index contributed by atoms with van der Waals surface area (Å²) in [5, 5.41) is 6.67. The van der Waals surface area contributed by atoms with E-state index in [2.05, 4.69) is 22.8 Å². The fourth-order valence-electron chi connectivity index (χ4n) is 3.42. The average molecular weight is 288 g/mol. The van der Waals surface area contributed by atoms with Crippen LogP contribution in [0.25, 0.3) is 0 Å². The molecular weight excluding hydrogens is 264 g/mol. The predicted molar refractivity (Wildman–Crippen MR) is 82.2 cm³/mol. The Bertz CT molecular complexity index is 491. The Labute approximate surface area is 126 Å². The zero-order chi connectivity index (χ0) is 14.8. The molecule has 0 aromatic heterocycles. The van der Waals surface area contributed by atoms with Crippen molar-refractivity contribution >= 4 is 5.91 Å². The summed E-state index contributed by atoms with van der Waals surface area (Å²) in [5.41, 5.74) is 0.772. The molecule has 1 heterocycles. The molecule has 2 N–H and O–H groups in total. The second-order valence-electron chi connectivity index (χ2n) is 6.37. The number of rotatable bonds is 6. The quantitative estimate of drug-likeness (QED) is 0.836. The maximum absolute atomic E-state index is 12.7. The van der Waals surface area contributed by atoms with Crippen LogP contribution in [0, 0.1) is 0 Å². The van der Waals surface area contributed by atoms with Crippen molar-refractivity contribution in [3.63, 3.8) is 0 Å². The van der Waals surface area contributed by atoms with Gasteiger partial charge in [-0.15, -0.1) is 0 Å². The largest absolute Gasteiger partial charge is 0.383 e. The second-order valence-corrected chi connectivity index (χ2v) is 6.37. The van der Waals surface area contributed by atoms with Crippen LogP contribution in [0.1, 0.15) is 31.2 Å². The molecule has 0 radical (unpaired) electrons. The number of hydrogen-bond donors (Lipinski definition) is 2. The number of nitrogens with one attached hydrogen (secondary N) is 2. The number of carbonyl (C=O) groups is 1. The summed E-state index contributed by atoms with van der Waals surface area (Å²) < 4.78 is 5.33. The zero-order valence-corrected chi connectivity index (χ0v) is 12.7. The smallest absolute Gasteiger partial charge is 0.230 e. The summed E-state index contributed by atoms with van der Waals surface area (Å²) in [7, 11) is 1.72. The first-order valence-corrected chi connectivity index (χ1v) is 7.79. The lowest BCUT2D eigenvalue weighted by atomic mass is 9.93. The number of ether oxygens (including phenoxy) is 1. The highest BCUT2D eigenvalue weighted by Gasteiger charge is 2.51. The molecule has 1 saturated carbocycles. The Balaban J connectivity index is 1.64. The molecule has 1 amide bonds. The molecule has 1 aromatic rings. The van der Waals surface area contributed by atoms with Gasteiger partial charge in [0.05, 0.1) is 17.6 Å². The van der Waals surface area contributed by atoms with Crippen LogP contribution in [0.2, 0.25) is 0 Å². The van der Waals surface area contributed by atoms with Crippen molar-refractivity contribution in [1.29, 1.82) is 0 Å². The van der Waals surface area contributed by atoms with Gasteiger partial charge in [-0.3, -0.25) is 4.79 Å². The number of benzene rings is 1. The standard InChI is InChI=1S/C17H24N2O2/c1-21-13-16(8-5-11-19-16)12-18-15(20)17(9-10-17)14-6-3-2-4-7-14/h2-4,6-7,19H,5,8-13H2,1H3,(H,18,20). The van der Waals surface area contributed by atoms with E-state index in [0.29, 0.717) is 13.2 Å². The number of amides is 1. The Kier molecular flexibility index (Phi) is 4.00. The Hall–Kier alpha value is -1.39. The lowest BCUT2D eigenvalue weighted by Crippen LogP contribution is -2.54. The molecule has 1 aromatic carbocycles. The van der Waals surface area contributed by atoms with Crippen molar-refractivity contribution in [3.8, 4) is 0 Å². The molecular formula is C17H24N2O2. The van der Waals surface area contributed by atoms with Crippen molar-refractivity contribution in [1.82, 2.24) is 10.6 Å². The van der Waals surface area contributed by atoms with Crippen LogP contribution >= 0.6 is 0 Å². The molecule has 114 valence electrons. The molecule has 2 aliphatic rings. The van der Waals surface area contributed by atoms with Crippen molar-refractivity contribution in [2.24, 2.45) is 0 Å². The third-order valence-corrected chi connectivity index (χ3v) is 4.85. The van der Waals surface area contributed by atoms with E-state index in [0.717, 1.165) is 37.8 Å². The normalized spacial score (nSPS) is 26.5. The van der Waals surface area contributed by atoms with Crippen LogP contribution in [-0.4, -0.2) is 38.3 Å². The van der Waals surface area contributed by atoms with Gasteiger partial charge >= 0.3 is 0 Å². The number of hydrogen-bond acceptors (Lipinski definition) is 3. The maximum atomic E-state index is 12.7. The lowest BCUT2D eigenvalue weighted by molar-refractivity contribution is -0.124. The van der Waals surface area contributed by atoms with Gasteiger partial charge in [0.2, 0.25) is 5.91 Å². The van der Waals surface area contributed by atoms with Crippen LogP contribution in [0.4, 0.5) is 0 Å². The molecule has 0 spiro atoms. The maximum Gasteiger partial charge on any atom is 0.230 e. The predicted octanol–water partition coefficient (Wildman–Crippen LogP) is 1.60. The van der Waals surface area contributed by atoms with Gasteiger partial charge in [-0.2, -0.15) is 0 Å².